The molecule has 0 amide bonds. The quantitative estimate of drug-likeness (QED) is 0.332. The minimum absolute atomic E-state index is 0.0517. The molecule has 3 N–H and O–H groups in total. The second-order valence-electron chi connectivity index (χ2n) is 9.40. The van der Waals surface area contributed by atoms with Crippen LogP contribution in [0.2, 0.25) is 0 Å². The van der Waals surface area contributed by atoms with E-state index < -0.39 is 28.9 Å². The Kier molecular flexibility index (Phi) is 5.29. The van der Waals surface area contributed by atoms with Crippen LogP contribution >= 0.6 is 11.3 Å². The number of halogens is 5. The van der Waals surface area contributed by atoms with Gasteiger partial charge < -0.3 is 16.0 Å². The maximum absolute atomic E-state index is 16.3. The normalized spacial score (nSPS) is 19.6. The summed E-state index contributed by atoms with van der Waals surface area (Å²) in [6.45, 7) is 2.62. The molecule has 2 unspecified atom stereocenters. The Labute approximate surface area is 211 Å². The van der Waals surface area contributed by atoms with Crippen LogP contribution < -0.4 is 16.0 Å². The molecule has 2 fully saturated rings. The monoisotopic (exact) mass is 530 g/mol. The first-order chi connectivity index (χ1) is 17.6. The predicted octanol–water partition coefficient (Wildman–Crippen LogP) is 5.51. The zero-order chi connectivity index (χ0) is 26.2. The summed E-state index contributed by atoms with van der Waals surface area (Å²) in [5.74, 6) is -1.52. The fourth-order valence-electron chi connectivity index (χ4n) is 5.53. The zero-order valence-corrected chi connectivity index (χ0v) is 20.2. The second-order valence-corrected chi connectivity index (χ2v) is 10.4. The number of hydrogen-bond donors (Lipinski definition) is 2. The lowest BCUT2D eigenvalue weighted by atomic mass is 9.92. The van der Waals surface area contributed by atoms with Gasteiger partial charge in [-0.25, -0.2) is 18.7 Å². The van der Waals surface area contributed by atoms with Gasteiger partial charge in [-0.15, -0.1) is 11.3 Å². The highest BCUT2D eigenvalue weighted by Crippen LogP contribution is 2.47. The van der Waals surface area contributed by atoms with Crippen LogP contribution in [0.25, 0.3) is 32.1 Å². The highest BCUT2D eigenvalue weighted by molar-refractivity contribution is 7.23. The summed E-state index contributed by atoms with van der Waals surface area (Å²) < 4.78 is 74.3. The van der Waals surface area contributed by atoms with Gasteiger partial charge in [0.15, 0.2) is 5.82 Å². The Hall–Kier alpha value is -3.56. The fraction of sp³-hybridized carbons (Fsp3) is 0.320. The van der Waals surface area contributed by atoms with Gasteiger partial charge in [-0.05, 0) is 37.5 Å². The Morgan fingerprint density at radius 2 is 1.86 bits per heavy atom. The molecule has 0 spiro atoms. The lowest BCUT2D eigenvalue weighted by molar-refractivity contribution is -0.137. The third kappa shape index (κ3) is 3.67. The number of benzene rings is 2. The van der Waals surface area contributed by atoms with Crippen molar-refractivity contribution in [3.63, 3.8) is 0 Å². The van der Waals surface area contributed by atoms with E-state index in [1.807, 2.05) is 11.0 Å². The van der Waals surface area contributed by atoms with Gasteiger partial charge in [-0.3, -0.25) is 0 Å². The van der Waals surface area contributed by atoms with E-state index in [4.69, 9.17) is 5.73 Å². The molecule has 4 aromatic rings. The van der Waals surface area contributed by atoms with Crippen molar-refractivity contribution in [3.8, 4) is 17.2 Å². The summed E-state index contributed by atoms with van der Waals surface area (Å²) in [6, 6.07) is 5.04. The van der Waals surface area contributed by atoms with Gasteiger partial charge >= 0.3 is 6.18 Å². The van der Waals surface area contributed by atoms with Crippen LogP contribution in [-0.2, 0) is 6.18 Å². The number of anilines is 2. The van der Waals surface area contributed by atoms with Crippen LogP contribution in [0.1, 0.15) is 29.8 Å². The number of rotatable bonds is 2. The van der Waals surface area contributed by atoms with Gasteiger partial charge in [0.25, 0.3) is 0 Å². The van der Waals surface area contributed by atoms with Crippen molar-refractivity contribution in [2.24, 2.45) is 0 Å². The summed E-state index contributed by atoms with van der Waals surface area (Å²) in [7, 11) is 0. The average molecular weight is 531 g/mol. The molecule has 2 atom stereocenters. The maximum atomic E-state index is 16.3. The third-order valence-electron chi connectivity index (χ3n) is 7.04. The number of aryl methyl sites for hydroxylation is 1. The largest absolute Gasteiger partial charge is 0.417 e. The molecule has 6 nitrogen and oxygen atoms in total. The van der Waals surface area contributed by atoms with E-state index in [1.54, 1.807) is 6.92 Å². The van der Waals surface area contributed by atoms with E-state index in [1.165, 1.54) is 0 Å². The standard InChI is InChI=1S/C25H19F5N6S/c1-10-33-21-14(24(34-10)36-8-11-2-3-12(9-36)35-11)6-16(25(28,29)30)19(20(21)27)13-4-5-17(26)22-18(13)15(7-31)23(32)37-22/h4-6,11-12,35H,2-3,8-9,32H2,1H3. The number of thiophene rings is 1. The number of nitrogens with zero attached hydrogens (tertiary/aromatic N) is 4. The number of nitrogens with one attached hydrogen (secondary N) is 1. The van der Waals surface area contributed by atoms with Crippen molar-refractivity contribution in [2.75, 3.05) is 23.7 Å². The molecular weight excluding hydrogens is 511 g/mol. The molecule has 2 bridgehead atoms. The Bertz CT molecular complexity index is 1630. The Balaban J connectivity index is 1.68. The lowest BCUT2D eigenvalue weighted by Crippen LogP contribution is -2.51. The van der Waals surface area contributed by atoms with Crippen LogP contribution in [0.4, 0.5) is 32.8 Å². The van der Waals surface area contributed by atoms with Crippen molar-refractivity contribution in [2.45, 2.75) is 38.0 Å². The molecule has 0 saturated carbocycles. The molecular formula is C25H19F5N6S. The SMILES string of the molecule is Cc1nc(N2CC3CCC(C2)N3)c2cc(C(F)(F)F)c(-c3ccc(F)c4sc(N)c(C#N)c34)c(F)c2n1. The summed E-state index contributed by atoms with van der Waals surface area (Å²) in [5, 5.41) is 12.8. The van der Waals surface area contributed by atoms with Gasteiger partial charge in [0.2, 0.25) is 0 Å². The Morgan fingerprint density at radius 1 is 1.16 bits per heavy atom. The summed E-state index contributed by atoms with van der Waals surface area (Å²) >= 11 is 0.730. The van der Waals surface area contributed by atoms with Gasteiger partial charge in [0.05, 0.1) is 15.8 Å². The molecule has 12 heteroatoms. The second kappa shape index (κ2) is 8.22. The zero-order valence-electron chi connectivity index (χ0n) is 19.4. The van der Waals surface area contributed by atoms with Crippen molar-refractivity contribution in [3.05, 3.63) is 46.8 Å². The molecule has 6 rings (SSSR count). The van der Waals surface area contributed by atoms with Gasteiger partial charge in [0, 0.05) is 41.5 Å². The van der Waals surface area contributed by atoms with E-state index in [0.717, 1.165) is 42.4 Å². The smallest absolute Gasteiger partial charge is 0.389 e. The van der Waals surface area contributed by atoms with Crippen LogP contribution in [-0.4, -0.2) is 35.1 Å². The molecule has 2 aliphatic rings. The Morgan fingerprint density at radius 3 is 2.51 bits per heavy atom. The van der Waals surface area contributed by atoms with E-state index >= 15 is 4.39 Å². The van der Waals surface area contributed by atoms with Crippen LogP contribution in [0, 0.1) is 29.9 Å². The molecule has 4 heterocycles. The molecule has 2 aromatic carbocycles. The molecule has 190 valence electrons. The number of aromatic nitrogens is 2. The van der Waals surface area contributed by atoms with E-state index in [2.05, 4.69) is 15.3 Å². The third-order valence-corrected chi connectivity index (χ3v) is 8.07. The lowest BCUT2D eigenvalue weighted by Gasteiger charge is -2.34. The van der Waals surface area contributed by atoms with Crippen LogP contribution in [0.15, 0.2) is 18.2 Å². The van der Waals surface area contributed by atoms with E-state index in [9.17, 15) is 22.8 Å². The molecule has 2 aliphatic heterocycles. The fourth-order valence-corrected chi connectivity index (χ4v) is 6.48. The number of nitriles is 1. The van der Waals surface area contributed by atoms with Crippen LogP contribution in [0.5, 0.6) is 0 Å². The maximum Gasteiger partial charge on any atom is 0.417 e. The number of nitrogen functional groups attached to an aromatic ring is 1. The first-order valence-corrected chi connectivity index (χ1v) is 12.4. The predicted molar refractivity (Wildman–Crippen MR) is 131 cm³/mol. The van der Waals surface area contributed by atoms with Crippen molar-refractivity contribution < 1.29 is 22.0 Å². The average Bonchev–Trinajstić information content (AvgIpc) is 3.36. The number of nitrogens with two attached hydrogens (primary N) is 1. The van der Waals surface area contributed by atoms with Gasteiger partial charge in [0.1, 0.15) is 34.0 Å². The van der Waals surface area contributed by atoms with E-state index in [0.29, 0.717) is 13.1 Å². The van der Waals surface area contributed by atoms with Gasteiger partial charge in [-0.2, -0.15) is 18.4 Å². The van der Waals surface area contributed by atoms with Crippen LogP contribution in [0.3, 0.4) is 0 Å². The molecule has 0 radical (unpaired) electrons. The highest BCUT2D eigenvalue weighted by atomic mass is 32.1. The number of fused-ring (bicyclic) bond motifs is 4. The number of hydrogen-bond acceptors (Lipinski definition) is 7. The van der Waals surface area contributed by atoms with E-state index in [-0.39, 0.29) is 60.8 Å². The van der Waals surface area contributed by atoms with Crippen molar-refractivity contribution in [1.82, 2.24) is 15.3 Å². The minimum Gasteiger partial charge on any atom is -0.389 e. The van der Waals surface area contributed by atoms with Crippen molar-refractivity contribution in [1.29, 1.82) is 5.26 Å². The molecule has 37 heavy (non-hydrogen) atoms. The molecule has 2 aromatic heterocycles. The summed E-state index contributed by atoms with van der Waals surface area (Å²) in [5.41, 5.74) is 3.07. The minimum atomic E-state index is -4.97. The summed E-state index contributed by atoms with van der Waals surface area (Å²) in [6.07, 6.45) is -3.08. The summed E-state index contributed by atoms with van der Waals surface area (Å²) in [4.78, 5) is 10.5. The van der Waals surface area contributed by atoms with Crippen molar-refractivity contribution >= 4 is 43.1 Å². The molecule has 0 aliphatic carbocycles. The molecule has 2 saturated heterocycles. The number of alkyl halides is 3. The topological polar surface area (TPSA) is 90.9 Å². The highest BCUT2D eigenvalue weighted by Gasteiger charge is 2.39. The first-order valence-electron chi connectivity index (χ1n) is 11.6. The van der Waals surface area contributed by atoms with Gasteiger partial charge in [-0.1, -0.05) is 6.07 Å². The number of piperazine rings is 1. The first kappa shape index (κ1) is 23.8.